The smallest absolute Gasteiger partial charge is 0.225 e. The van der Waals surface area contributed by atoms with Crippen LogP contribution in [0.4, 0.5) is 0 Å². The number of carbonyl (C=O) groups excluding carboxylic acids is 1. The number of ether oxygens (including phenoxy) is 1. The number of nitrogens with one attached hydrogen (secondary N) is 1. The van der Waals surface area contributed by atoms with E-state index < -0.39 is 0 Å². The van der Waals surface area contributed by atoms with Crippen molar-refractivity contribution >= 4 is 5.91 Å². The van der Waals surface area contributed by atoms with Gasteiger partial charge in [-0.1, -0.05) is 39.8 Å². The summed E-state index contributed by atoms with van der Waals surface area (Å²) in [4.78, 5) is 12.1. The third kappa shape index (κ3) is 3.51. The molecule has 22 heavy (non-hydrogen) atoms. The number of carbonyl (C=O) groups is 1. The zero-order valence-corrected chi connectivity index (χ0v) is 14.5. The van der Waals surface area contributed by atoms with Crippen LogP contribution in [0.3, 0.4) is 0 Å². The second-order valence-corrected chi connectivity index (χ2v) is 7.95. The molecule has 2 rings (SSSR count). The molecule has 0 unspecified atom stereocenters. The van der Waals surface area contributed by atoms with Crippen LogP contribution in [0.5, 0.6) is 0 Å². The van der Waals surface area contributed by atoms with Gasteiger partial charge in [-0.15, -0.1) is 0 Å². The van der Waals surface area contributed by atoms with Crippen molar-refractivity contribution in [1.29, 1.82) is 0 Å². The molecule has 1 N–H and O–H groups in total. The van der Waals surface area contributed by atoms with Gasteiger partial charge in [0.25, 0.3) is 0 Å². The Bertz CT molecular complexity index is 528. The van der Waals surface area contributed by atoms with Gasteiger partial charge in [-0.3, -0.25) is 4.79 Å². The van der Waals surface area contributed by atoms with E-state index in [1.165, 1.54) is 0 Å². The predicted molar refractivity (Wildman–Crippen MR) is 84.2 cm³/mol. The first-order valence-corrected chi connectivity index (χ1v) is 7.89. The van der Waals surface area contributed by atoms with Crippen molar-refractivity contribution in [2.45, 2.75) is 60.1 Å². The van der Waals surface area contributed by atoms with E-state index in [-0.39, 0.29) is 22.8 Å². The highest BCUT2D eigenvalue weighted by Gasteiger charge is 2.49. The Labute approximate surface area is 132 Å². The van der Waals surface area contributed by atoms with E-state index in [9.17, 15) is 4.79 Å². The monoisotopic (exact) mass is 308 g/mol. The van der Waals surface area contributed by atoms with Crippen LogP contribution in [-0.2, 0) is 22.6 Å². The summed E-state index contributed by atoms with van der Waals surface area (Å²) in [6.07, 6.45) is 1.86. The van der Waals surface area contributed by atoms with Crippen LogP contribution < -0.4 is 5.32 Å². The fourth-order valence-corrected chi connectivity index (χ4v) is 2.90. The van der Waals surface area contributed by atoms with Gasteiger partial charge < -0.3 is 14.6 Å². The number of aromatic nitrogens is 1. The summed E-state index contributed by atoms with van der Waals surface area (Å²) in [5.41, 5.74) is 0.689. The van der Waals surface area contributed by atoms with E-state index >= 15 is 0 Å². The molecular formula is C17H28N2O3. The maximum atomic E-state index is 12.1. The summed E-state index contributed by atoms with van der Waals surface area (Å²) >= 11 is 0. The van der Waals surface area contributed by atoms with Gasteiger partial charge in [-0.05, 0) is 24.2 Å². The summed E-state index contributed by atoms with van der Waals surface area (Å²) in [6.45, 7) is 10.7. The number of rotatable bonds is 5. The maximum absolute atomic E-state index is 12.1. The summed E-state index contributed by atoms with van der Waals surface area (Å²) in [5, 5.41) is 7.29. The summed E-state index contributed by atoms with van der Waals surface area (Å²) < 4.78 is 10.3. The standard InChI is InChI=1S/C17H28N2O3/c1-16(2,3)15(20)18-14-8-11(17(14,4)5)7-12-9-13(10-21-6)22-19-12/h9,11,14H,7-8,10H2,1-6H3,(H,18,20)/t11-,14+/m1/s1. The molecule has 0 radical (unpaired) electrons. The average molecular weight is 308 g/mol. The van der Waals surface area contributed by atoms with Gasteiger partial charge in [0, 0.05) is 24.6 Å². The van der Waals surface area contributed by atoms with Crippen molar-refractivity contribution in [2.75, 3.05) is 7.11 Å². The number of hydrogen-bond acceptors (Lipinski definition) is 4. The molecule has 1 aliphatic rings. The normalized spacial score (nSPS) is 23.9. The summed E-state index contributed by atoms with van der Waals surface area (Å²) in [5.74, 6) is 1.37. The highest BCUT2D eigenvalue weighted by atomic mass is 16.5. The average Bonchev–Trinajstić information content (AvgIpc) is 2.84. The highest BCUT2D eigenvalue weighted by molar-refractivity contribution is 5.81. The first-order chi connectivity index (χ1) is 10.1. The highest BCUT2D eigenvalue weighted by Crippen LogP contribution is 2.48. The van der Waals surface area contributed by atoms with Crippen LogP contribution in [0.1, 0.15) is 52.5 Å². The SMILES string of the molecule is COCc1cc(C[C@@H]2C[C@H](NC(=O)C(C)(C)C)C2(C)C)no1. The zero-order chi connectivity index (χ0) is 16.5. The zero-order valence-electron chi connectivity index (χ0n) is 14.5. The van der Waals surface area contributed by atoms with Gasteiger partial charge in [0.2, 0.25) is 5.91 Å². The quantitative estimate of drug-likeness (QED) is 0.908. The second-order valence-electron chi connectivity index (χ2n) is 7.95. The molecule has 1 aromatic rings. The van der Waals surface area contributed by atoms with E-state index in [1.807, 2.05) is 26.8 Å². The van der Waals surface area contributed by atoms with Crippen molar-refractivity contribution in [1.82, 2.24) is 10.5 Å². The lowest BCUT2D eigenvalue weighted by Gasteiger charge is -2.52. The van der Waals surface area contributed by atoms with Crippen molar-refractivity contribution in [2.24, 2.45) is 16.7 Å². The van der Waals surface area contributed by atoms with E-state index in [4.69, 9.17) is 9.26 Å². The minimum atomic E-state index is -0.345. The maximum Gasteiger partial charge on any atom is 0.225 e. The number of methoxy groups -OCH3 is 1. The molecule has 0 bridgehead atoms. The molecule has 0 aromatic carbocycles. The molecule has 5 nitrogen and oxygen atoms in total. The van der Waals surface area contributed by atoms with Crippen molar-refractivity contribution in [3.63, 3.8) is 0 Å². The van der Waals surface area contributed by atoms with Crippen LogP contribution in [0.2, 0.25) is 0 Å². The minimum Gasteiger partial charge on any atom is -0.377 e. The molecule has 5 heteroatoms. The van der Waals surface area contributed by atoms with E-state index in [2.05, 4.69) is 24.3 Å². The Morgan fingerprint density at radius 1 is 1.50 bits per heavy atom. The van der Waals surface area contributed by atoms with Crippen LogP contribution in [0.25, 0.3) is 0 Å². The Morgan fingerprint density at radius 3 is 2.73 bits per heavy atom. The van der Waals surface area contributed by atoms with E-state index in [0.717, 1.165) is 24.3 Å². The number of amides is 1. The van der Waals surface area contributed by atoms with Crippen molar-refractivity contribution in [3.8, 4) is 0 Å². The van der Waals surface area contributed by atoms with Gasteiger partial charge >= 0.3 is 0 Å². The minimum absolute atomic E-state index is 0.0707. The van der Waals surface area contributed by atoms with Crippen LogP contribution in [0, 0.1) is 16.7 Å². The summed E-state index contributed by atoms with van der Waals surface area (Å²) in [6, 6.07) is 2.19. The number of nitrogens with zero attached hydrogens (tertiary/aromatic N) is 1. The van der Waals surface area contributed by atoms with Crippen LogP contribution >= 0.6 is 0 Å². The molecule has 1 amide bonds. The fraction of sp³-hybridized carbons (Fsp3) is 0.765. The van der Waals surface area contributed by atoms with Gasteiger partial charge in [-0.2, -0.15) is 0 Å². The Kier molecular flexibility index (Phi) is 4.66. The molecule has 1 saturated carbocycles. The van der Waals surface area contributed by atoms with E-state index in [0.29, 0.717) is 12.5 Å². The molecule has 2 atom stereocenters. The van der Waals surface area contributed by atoms with Crippen molar-refractivity contribution < 1.29 is 14.1 Å². The molecule has 1 aromatic heterocycles. The summed E-state index contributed by atoms with van der Waals surface area (Å²) in [7, 11) is 1.64. The molecule has 124 valence electrons. The third-order valence-corrected chi connectivity index (χ3v) is 4.81. The largest absolute Gasteiger partial charge is 0.377 e. The van der Waals surface area contributed by atoms with Gasteiger partial charge in [-0.25, -0.2) is 0 Å². The number of hydrogen-bond donors (Lipinski definition) is 1. The lowest BCUT2D eigenvalue weighted by molar-refractivity contribution is -0.133. The van der Waals surface area contributed by atoms with Gasteiger partial charge in [0.05, 0.1) is 5.69 Å². The van der Waals surface area contributed by atoms with Gasteiger partial charge in [0.1, 0.15) is 6.61 Å². The lowest BCUT2D eigenvalue weighted by atomic mass is 9.57. The van der Waals surface area contributed by atoms with Gasteiger partial charge in [0.15, 0.2) is 5.76 Å². The van der Waals surface area contributed by atoms with E-state index in [1.54, 1.807) is 7.11 Å². The molecule has 0 saturated heterocycles. The Morgan fingerprint density at radius 2 is 2.18 bits per heavy atom. The van der Waals surface area contributed by atoms with Crippen LogP contribution in [-0.4, -0.2) is 24.2 Å². The molecule has 1 aliphatic carbocycles. The predicted octanol–water partition coefficient (Wildman–Crippen LogP) is 2.94. The second kappa shape index (κ2) is 6.03. The topological polar surface area (TPSA) is 64.4 Å². The molecular weight excluding hydrogens is 280 g/mol. The molecule has 1 heterocycles. The fourth-order valence-electron chi connectivity index (χ4n) is 2.90. The third-order valence-electron chi connectivity index (χ3n) is 4.81. The van der Waals surface area contributed by atoms with Crippen molar-refractivity contribution in [3.05, 3.63) is 17.5 Å². The molecule has 0 aliphatic heterocycles. The first-order valence-electron chi connectivity index (χ1n) is 7.89. The first kappa shape index (κ1) is 17.0. The molecule has 1 fully saturated rings. The Hall–Kier alpha value is -1.36. The lowest BCUT2D eigenvalue weighted by Crippen LogP contribution is -2.60. The Balaban J connectivity index is 1.91. The molecule has 0 spiro atoms. The van der Waals surface area contributed by atoms with Crippen LogP contribution in [0.15, 0.2) is 10.6 Å².